The van der Waals surface area contributed by atoms with Gasteiger partial charge in [-0.1, -0.05) is 36.5 Å². The Labute approximate surface area is 117 Å². The molecular weight excluding hydrogens is 267 g/mol. The average molecular weight is 281 g/mol. The number of nitrogens with zero attached hydrogens (tertiary/aromatic N) is 2. The topological polar surface area (TPSA) is 25.8 Å². The molecule has 0 bridgehead atoms. The molecule has 0 aliphatic rings. The van der Waals surface area contributed by atoms with Gasteiger partial charge in [0, 0.05) is 18.0 Å². The molecule has 2 rings (SSSR count). The third-order valence-corrected chi connectivity index (χ3v) is 3.44. The quantitative estimate of drug-likeness (QED) is 0.753. The molecular formula is C14H14Cl2N2. The van der Waals surface area contributed by atoms with E-state index in [1.165, 1.54) is 0 Å². The largest absolute Gasteiger partial charge is 0.265 e. The van der Waals surface area contributed by atoms with Crippen LogP contribution in [0.15, 0.2) is 30.6 Å². The zero-order valence-electron chi connectivity index (χ0n) is 10.2. The van der Waals surface area contributed by atoms with Gasteiger partial charge in [0.25, 0.3) is 0 Å². The van der Waals surface area contributed by atoms with E-state index < -0.39 is 0 Å². The number of rotatable bonds is 4. The highest BCUT2D eigenvalue weighted by molar-refractivity contribution is 6.41. The molecule has 18 heavy (non-hydrogen) atoms. The Morgan fingerprint density at radius 1 is 1.17 bits per heavy atom. The highest BCUT2D eigenvalue weighted by atomic mass is 35.5. The van der Waals surface area contributed by atoms with Crippen molar-refractivity contribution in [2.24, 2.45) is 0 Å². The van der Waals surface area contributed by atoms with Gasteiger partial charge in [-0.3, -0.25) is 4.98 Å². The third kappa shape index (κ3) is 3.01. The lowest BCUT2D eigenvalue weighted by atomic mass is 10.0. The number of hydrogen-bond donors (Lipinski definition) is 0. The van der Waals surface area contributed by atoms with E-state index in [2.05, 4.69) is 16.9 Å². The molecule has 0 saturated carbocycles. The number of halogens is 2. The maximum atomic E-state index is 6.06. The van der Waals surface area contributed by atoms with Gasteiger partial charge in [-0.25, -0.2) is 4.98 Å². The molecule has 0 N–H and O–H groups in total. The SMILES string of the molecule is CCCCc1nc(Cl)c(Cl)cc1-c1ccncc1. The number of unbranched alkanes of at least 4 members (excludes halogenated alkanes) is 1. The van der Waals surface area contributed by atoms with Crippen molar-refractivity contribution in [1.29, 1.82) is 0 Å². The van der Waals surface area contributed by atoms with Gasteiger partial charge in [-0.15, -0.1) is 0 Å². The van der Waals surface area contributed by atoms with E-state index in [-0.39, 0.29) is 0 Å². The van der Waals surface area contributed by atoms with Gasteiger partial charge >= 0.3 is 0 Å². The van der Waals surface area contributed by atoms with Crippen LogP contribution in [-0.4, -0.2) is 9.97 Å². The second kappa shape index (κ2) is 6.17. The average Bonchev–Trinajstić information content (AvgIpc) is 2.40. The summed E-state index contributed by atoms with van der Waals surface area (Å²) in [5.74, 6) is 0. The molecule has 2 nitrogen and oxygen atoms in total. The minimum atomic E-state index is 0.376. The highest BCUT2D eigenvalue weighted by Crippen LogP contribution is 2.30. The van der Waals surface area contributed by atoms with E-state index in [0.717, 1.165) is 36.1 Å². The summed E-state index contributed by atoms with van der Waals surface area (Å²) in [7, 11) is 0. The van der Waals surface area contributed by atoms with E-state index in [1.807, 2.05) is 18.2 Å². The number of aromatic nitrogens is 2. The fourth-order valence-electron chi connectivity index (χ4n) is 1.82. The highest BCUT2D eigenvalue weighted by Gasteiger charge is 2.10. The van der Waals surface area contributed by atoms with Crippen molar-refractivity contribution in [3.05, 3.63) is 46.5 Å². The first-order chi connectivity index (χ1) is 8.72. The predicted octanol–water partition coefficient (Wildman–Crippen LogP) is 4.79. The minimum absolute atomic E-state index is 0.376. The summed E-state index contributed by atoms with van der Waals surface area (Å²) >= 11 is 12.1. The van der Waals surface area contributed by atoms with Crippen molar-refractivity contribution in [2.75, 3.05) is 0 Å². The Balaban J connectivity index is 2.47. The molecule has 0 fully saturated rings. The third-order valence-electron chi connectivity index (χ3n) is 2.77. The molecule has 0 radical (unpaired) electrons. The molecule has 0 unspecified atom stereocenters. The maximum absolute atomic E-state index is 6.06. The first-order valence-electron chi connectivity index (χ1n) is 5.97. The van der Waals surface area contributed by atoms with Crippen LogP contribution >= 0.6 is 23.2 Å². The summed E-state index contributed by atoms with van der Waals surface area (Å²) in [6, 6.07) is 5.80. The van der Waals surface area contributed by atoms with Crippen LogP contribution in [0.5, 0.6) is 0 Å². The van der Waals surface area contributed by atoms with Crippen LogP contribution in [0.25, 0.3) is 11.1 Å². The maximum Gasteiger partial charge on any atom is 0.147 e. The van der Waals surface area contributed by atoms with E-state index in [0.29, 0.717) is 10.2 Å². The van der Waals surface area contributed by atoms with Gasteiger partial charge in [-0.2, -0.15) is 0 Å². The zero-order chi connectivity index (χ0) is 13.0. The normalized spacial score (nSPS) is 10.6. The Hall–Kier alpha value is -1.12. The molecule has 2 aromatic heterocycles. The minimum Gasteiger partial charge on any atom is -0.265 e. The summed E-state index contributed by atoms with van der Waals surface area (Å²) in [5, 5.41) is 0.865. The van der Waals surface area contributed by atoms with Crippen molar-refractivity contribution < 1.29 is 0 Å². The van der Waals surface area contributed by atoms with Gasteiger partial charge in [0.05, 0.1) is 10.7 Å². The van der Waals surface area contributed by atoms with Gasteiger partial charge < -0.3 is 0 Å². The van der Waals surface area contributed by atoms with E-state index in [9.17, 15) is 0 Å². The molecule has 0 amide bonds. The van der Waals surface area contributed by atoms with Crippen LogP contribution in [0.2, 0.25) is 10.2 Å². The molecule has 94 valence electrons. The van der Waals surface area contributed by atoms with Gasteiger partial charge in [-0.05, 0) is 36.6 Å². The van der Waals surface area contributed by atoms with Crippen molar-refractivity contribution in [3.63, 3.8) is 0 Å². The molecule has 2 aromatic rings. The van der Waals surface area contributed by atoms with E-state index in [4.69, 9.17) is 23.2 Å². The Kier molecular flexibility index (Phi) is 4.56. The fraction of sp³-hybridized carbons (Fsp3) is 0.286. The number of pyridine rings is 2. The smallest absolute Gasteiger partial charge is 0.147 e. The summed E-state index contributed by atoms with van der Waals surface area (Å²) in [5.41, 5.74) is 3.11. The summed E-state index contributed by atoms with van der Waals surface area (Å²) in [6.07, 6.45) is 6.65. The van der Waals surface area contributed by atoms with Gasteiger partial charge in [0.15, 0.2) is 0 Å². The number of aryl methyl sites for hydroxylation is 1. The lowest BCUT2D eigenvalue weighted by molar-refractivity contribution is 0.778. The van der Waals surface area contributed by atoms with Crippen LogP contribution in [0.4, 0.5) is 0 Å². The van der Waals surface area contributed by atoms with Crippen molar-refractivity contribution in [1.82, 2.24) is 9.97 Å². The summed E-state index contributed by atoms with van der Waals surface area (Å²) < 4.78 is 0. The first-order valence-corrected chi connectivity index (χ1v) is 6.73. The fourth-order valence-corrected chi connectivity index (χ4v) is 2.13. The molecule has 2 heterocycles. The molecule has 0 aliphatic carbocycles. The second-order valence-electron chi connectivity index (χ2n) is 4.09. The Morgan fingerprint density at radius 3 is 2.56 bits per heavy atom. The van der Waals surface area contributed by atoms with Crippen LogP contribution in [0, 0.1) is 0 Å². The Morgan fingerprint density at radius 2 is 1.89 bits per heavy atom. The predicted molar refractivity (Wildman–Crippen MR) is 76.1 cm³/mol. The van der Waals surface area contributed by atoms with Crippen molar-refractivity contribution in [3.8, 4) is 11.1 Å². The molecule has 0 aliphatic heterocycles. The standard InChI is InChI=1S/C14H14Cl2N2/c1-2-3-4-13-11(9-12(15)14(16)18-13)10-5-7-17-8-6-10/h5-9H,2-4H2,1H3. The summed E-state index contributed by atoms with van der Waals surface area (Å²) in [4.78, 5) is 8.42. The first kappa shape index (κ1) is 13.3. The molecule has 0 spiro atoms. The van der Waals surface area contributed by atoms with Crippen LogP contribution in [0.3, 0.4) is 0 Å². The monoisotopic (exact) mass is 280 g/mol. The lowest BCUT2D eigenvalue weighted by Crippen LogP contribution is -1.96. The van der Waals surface area contributed by atoms with Crippen molar-refractivity contribution in [2.45, 2.75) is 26.2 Å². The van der Waals surface area contributed by atoms with Crippen molar-refractivity contribution >= 4 is 23.2 Å². The lowest BCUT2D eigenvalue weighted by Gasteiger charge is -2.10. The van der Waals surface area contributed by atoms with Crippen LogP contribution in [0.1, 0.15) is 25.5 Å². The second-order valence-corrected chi connectivity index (χ2v) is 4.86. The molecule has 0 aromatic carbocycles. The van der Waals surface area contributed by atoms with Crippen LogP contribution in [-0.2, 0) is 6.42 Å². The molecule has 4 heteroatoms. The summed E-state index contributed by atoms with van der Waals surface area (Å²) in [6.45, 7) is 2.16. The van der Waals surface area contributed by atoms with E-state index in [1.54, 1.807) is 12.4 Å². The van der Waals surface area contributed by atoms with Crippen LogP contribution < -0.4 is 0 Å². The van der Waals surface area contributed by atoms with Gasteiger partial charge in [0.2, 0.25) is 0 Å². The van der Waals surface area contributed by atoms with Gasteiger partial charge in [0.1, 0.15) is 5.15 Å². The zero-order valence-corrected chi connectivity index (χ0v) is 11.7. The van der Waals surface area contributed by atoms with E-state index >= 15 is 0 Å². The molecule has 0 atom stereocenters. The molecule has 0 saturated heterocycles. The Bertz CT molecular complexity index is 527. The number of hydrogen-bond acceptors (Lipinski definition) is 2.